The quantitative estimate of drug-likeness (QED) is 0.0686. The van der Waals surface area contributed by atoms with Crippen LogP contribution in [0.3, 0.4) is 0 Å². The summed E-state index contributed by atoms with van der Waals surface area (Å²) < 4.78 is 25.0. The lowest BCUT2D eigenvalue weighted by Gasteiger charge is -2.18. The number of hydrogen-bond acceptors (Lipinski definition) is 10. The summed E-state index contributed by atoms with van der Waals surface area (Å²) in [6, 6.07) is 21.5. The number of hydrogen-bond donors (Lipinski definition) is 2. The normalized spacial score (nSPS) is 16.1. The van der Waals surface area contributed by atoms with Gasteiger partial charge in [-0.15, -0.1) is 0 Å². The van der Waals surface area contributed by atoms with E-state index in [1.807, 2.05) is 26.0 Å². The number of aromatic nitrogens is 1. The molecule has 12 nitrogen and oxygen atoms in total. The summed E-state index contributed by atoms with van der Waals surface area (Å²) >= 11 is 0. The first-order valence-corrected chi connectivity index (χ1v) is 16.3. The van der Waals surface area contributed by atoms with Crippen molar-refractivity contribution in [3.8, 4) is 46.8 Å². The second kappa shape index (κ2) is 13.8. The average molecular weight is 681 g/mol. The number of nitrogens with zero attached hydrogens (tertiary/aromatic N) is 4. The Kier molecular flexibility index (Phi) is 8.91. The van der Waals surface area contributed by atoms with Gasteiger partial charge in [0.2, 0.25) is 17.5 Å². The summed E-state index contributed by atoms with van der Waals surface area (Å²) in [6.07, 6.45) is 3.45. The first kappa shape index (κ1) is 33.0. The van der Waals surface area contributed by atoms with Gasteiger partial charge in [-0.25, -0.2) is 9.84 Å². The molecule has 1 aliphatic heterocycles. The molecule has 0 bridgehead atoms. The van der Waals surface area contributed by atoms with Crippen LogP contribution in [-0.2, 0) is 4.99 Å². The number of nitriles is 2. The number of H-pyrrole nitrogens is 1. The lowest BCUT2D eigenvalue weighted by atomic mass is 10.00. The van der Waals surface area contributed by atoms with E-state index in [-0.39, 0.29) is 29.4 Å². The van der Waals surface area contributed by atoms with E-state index < -0.39 is 0 Å². The minimum absolute atomic E-state index is 0.0454. The molecule has 0 radical (unpaired) electrons. The van der Waals surface area contributed by atoms with Gasteiger partial charge < -0.3 is 28.8 Å². The van der Waals surface area contributed by atoms with Crippen molar-refractivity contribution in [2.24, 2.45) is 16.8 Å². The molecule has 4 aromatic rings. The number of aryl methyl sites for hydroxylation is 2. The highest BCUT2D eigenvalue weighted by atomic mass is 17.3. The second-order valence-corrected chi connectivity index (χ2v) is 12.4. The first-order valence-electron chi connectivity index (χ1n) is 16.3. The Morgan fingerprint density at radius 1 is 0.882 bits per heavy atom. The van der Waals surface area contributed by atoms with E-state index in [1.165, 1.54) is 0 Å². The molecule has 1 aromatic heterocycles. The van der Waals surface area contributed by atoms with Crippen molar-refractivity contribution in [1.29, 1.82) is 10.5 Å². The van der Waals surface area contributed by atoms with Crippen LogP contribution in [0.1, 0.15) is 59.5 Å². The van der Waals surface area contributed by atoms with E-state index in [2.05, 4.69) is 22.0 Å². The third-order valence-electron chi connectivity index (χ3n) is 8.82. The molecule has 254 valence electrons. The van der Waals surface area contributed by atoms with Gasteiger partial charge in [-0.1, -0.05) is 17.1 Å². The Bertz CT molecular complexity index is 2220. The number of aliphatic imine (C=N–C) groups is 1. The van der Waals surface area contributed by atoms with Crippen LogP contribution < -0.4 is 29.7 Å². The molecule has 0 saturated heterocycles. The molecule has 3 aliphatic rings. The fourth-order valence-electron chi connectivity index (χ4n) is 6.12. The van der Waals surface area contributed by atoms with Gasteiger partial charge in [0, 0.05) is 11.1 Å². The van der Waals surface area contributed by atoms with Gasteiger partial charge in [-0.2, -0.15) is 16.4 Å². The molecule has 2 fully saturated rings. The van der Waals surface area contributed by atoms with Crippen LogP contribution in [0.4, 0.5) is 5.69 Å². The summed E-state index contributed by atoms with van der Waals surface area (Å²) in [6.45, 7) is 11.2. The topological polar surface area (TPSA) is 161 Å². The number of methoxy groups -OCH3 is 1. The fourth-order valence-corrected chi connectivity index (χ4v) is 6.12. The van der Waals surface area contributed by atoms with Gasteiger partial charge in [0.15, 0.2) is 11.4 Å². The Morgan fingerprint density at radius 3 is 2.10 bits per heavy atom. The highest BCUT2D eigenvalue weighted by molar-refractivity contribution is 6.05. The lowest BCUT2D eigenvalue weighted by molar-refractivity contribution is -0.212. The van der Waals surface area contributed by atoms with E-state index in [1.54, 1.807) is 55.6 Å². The van der Waals surface area contributed by atoms with Gasteiger partial charge in [0.25, 0.3) is 0 Å². The number of benzene rings is 3. The molecule has 0 spiro atoms. The van der Waals surface area contributed by atoms with Crippen molar-refractivity contribution < 1.29 is 28.8 Å². The van der Waals surface area contributed by atoms with E-state index in [0.717, 1.165) is 36.8 Å². The summed E-state index contributed by atoms with van der Waals surface area (Å²) in [4.78, 5) is 22.1. The third-order valence-corrected chi connectivity index (χ3v) is 8.82. The molecule has 3 aromatic carbocycles. The van der Waals surface area contributed by atoms with E-state index in [4.69, 9.17) is 46.3 Å². The molecular formula is C39H32N6O6. The van der Waals surface area contributed by atoms with Crippen molar-refractivity contribution >= 4 is 17.3 Å². The number of nitrogens with one attached hydrogen (secondary N) is 1. The van der Waals surface area contributed by atoms with Crippen LogP contribution in [0.5, 0.6) is 34.6 Å². The number of rotatable bonds is 11. The highest BCUT2D eigenvalue weighted by Gasteiger charge is 2.43. The van der Waals surface area contributed by atoms with Crippen LogP contribution in [0.2, 0.25) is 0 Å². The van der Waals surface area contributed by atoms with Crippen LogP contribution in [0, 0.1) is 49.0 Å². The molecule has 2 heterocycles. The maximum absolute atomic E-state index is 10.5. The molecule has 2 aliphatic carbocycles. The minimum Gasteiger partial charge on any atom is -0.497 e. The molecule has 3 N–H and O–H groups in total. The Labute approximate surface area is 294 Å². The summed E-state index contributed by atoms with van der Waals surface area (Å²) in [5.74, 6) is 8.61. The van der Waals surface area contributed by atoms with Gasteiger partial charge in [-0.05, 0) is 111 Å². The molecule has 7 rings (SSSR count). The van der Waals surface area contributed by atoms with Crippen molar-refractivity contribution in [2.75, 3.05) is 7.11 Å². The Morgan fingerprint density at radius 2 is 1.53 bits per heavy atom. The van der Waals surface area contributed by atoms with Crippen molar-refractivity contribution in [2.45, 2.75) is 45.4 Å². The van der Waals surface area contributed by atoms with Crippen molar-refractivity contribution in [1.82, 2.24) is 4.98 Å². The lowest BCUT2D eigenvalue weighted by Crippen LogP contribution is -2.09. The van der Waals surface area contributed by atoms with Gasteiger partial charge in [0.1, 0.15) is 40.3 Å². The largest absolute Gasteiger partial charge is 0.497 e. The average Bonchev–Trinajstić information content (AvgIpc) is 4.09. The van der Waals surface area contributed by atoms with Crippen molar-refractivity contribution in [3.05, 3.63) is 117 Å². The van der Waals surface area contributed by atoms with E-state index in [0.29, 0.717) is 68.1 Å². The van der Waals surface area contributed by atoms with Gasteiger partial charge in [0.05, 0.1) is 31.0 Å². The molecule has 2 saturated carbocycles. The zero-order valence-corrected chi connectivity index (χ0v) is 28.1. The molecule has 0 atom stereocenters. The second-order valence-electron chi connectivity index (χ2n) is 12.4. The van der Waals surface area contributed by atoms with Gasteiger partial charge in [-0.3, -0.25) is 0 Å². The standard InChI is InChI=1S/C39H32N6O6/c1-21-17-29(46-4)18-22(2)35(21)49-37(33-31(24-7-8-24)30(20-41)38(44-33)47-27-13-5-23(19-40)6-14-27)34-32(25-9-10-25)36(50-51-42)39(45-34)48-28-15-11-26(43-3)12-16-28/h5-6,11-18,24-25,45H,7-10,42H2,1-2,4H3/b37-33+. The maximum Gasteiger partial charge on any atom is 0.245 e. The zero-order valence-electron chi connectivity index (χ0n) is 28.1. The molecule has 0 amide bonds. The van der Waals surface area contributed by atoms with Crippen LogP contribution in [0.15, 0.2) is 82.5 Å². The SMILES string of the molecule is [C-]#[N+]c1ccc(Oc2[nH]c(/C(Oc3c(C)cc(OC)cc3C)=C3\N=C(Oc4ccc(C#N)cc4)C(C#N)=C3C3CC3)c(C3CC3)c2OON)cc1. The fraction of sp³-hybridized carbons (Fsp3) is 0.231. The minimum atomic E-state index is 0.0454. The predicted molar refractivity (Wildman–Crippen MR) is 186 cm³/mol. The van der Waals surface area contributed by atoms with Crippen molar-refractivity contribution in [3.63, 3.8) is 0 Å². The first-order chi connectivity index (χ1) is 24.8. The number of allylic oxidation sites excluding steroid dienone is 1. The van der Waals surface area contributed by atoms with Crippen LogP contribution >= 0.6 is 0 Å². The van der Waals surface area contributed by atoms with Gasteiger partial charge >= 0.3 is 0 Å². The predicted octanol–water partition coefficient (Wildman–Crippen LogP) is 8.39. The van der Waals surface area contributed by atoms with E-state index in [9.17, 15) is 10.5 Å². The maximum atomic E-state index is 10.5. The Balaban J connectivity index is 1.45. The Hall–Kier alpha value is -6.52. The number of aromatic amines is 1. The van der Waals surface area contributed by atoms with E-state index >= 15 is 0 Å². The van der Waals surface area contributed by atoms with Crippen LogP contribution in [-0.4, -0.2) is 18.0 Å². The van der Waals surface area contributed by atoms with Crippen LogP contribution in [0.25, 0.3) is 10.6 Å². The number of nitrogens with two attached hydrogens (primary N) is 1. The molecular weight excluding hydrogens is 648 g/mol. The highest BCUT2D eigenvalue weighted by Crippen LogP contribution is 2.54. The molecule has 12 heteroatoms. The smallest absolute Gasteiger partial charge is 0.245 e. The summed E-state index contributed by atoms with van der Waals surface area (Å²) in [7, 11) is 1.61. The zero-order chi connectivity index (χ0) is 35.6. The third kappa shape index (κ3) is 6.60. The number of ether oxygens (including phenoxy) is 4. The summed E-state index contributed by atoms with van der Waals surface area (Å²) in [5, 5.41) is 19.8. The monoisotopic (exact) mass is 680 g/mol. The molecule has 51 heavy (non-hydrogen) atoms. The molecule has 0 unspecified atom stereocenters. The summed E-state index contributed by atoms with van der Waals surface area (Å²) in [5.41, 5.74) is 5.25.